The number of sulfonamides is 1. The van der Waals surface area contributed by atoms with Crippen molar-refractivity contribution in [3.8, 4) is 5.75 Å². The number of rotatable bonds is 8. The van der Waals surface area contributed by atoms with Gasteiger partial charge >= 0.3 is 6.09 Å². The van der Waals surface area contributed by atoms with Crippen LogP contribution in [0.5, 0.6) is 5.75 Å². The van der Waals surface area contributed by atoms with E-state index < -0.39 is 16.1 Å². The molecule has 2 aliphatic heterocycles. The molecule has 1 amide bonds. The molecular weight excluding hydrogens is 490 g/mol. The van der Waals surface area contributed by atoms with Crippen molar-refractivity contribution in [3.63, 3.8) is 0 Å². The fourth-order valence-corrected chi connectivity index (χ4v) is 6.50. The standard InChI is InChI=1S/C28H31N3O5S/c29-28(32)36-24-15-17-31(18-16-24)37(33,34)26-13-11-23(12-14-26)35-25-19-30(20-25)27(21-7-3-1-4-8-21)22-9-5-2-6-10-22/h1-14,24-25,27H,15-20H2,(H2,29,32). The molecule has 37 heavy (non-hydrogen) atoms. The molecule has 5 rings (SSSR count). The van der Waals surface area contributed by atoms with Crippen LogP contribution in [0.25, 0.3) is 0 Å². The molecule has 2 N–H and O–H groups in total. The van der Waals surface area contributed by atoms with Crippen LogP contribution in [0, 0.1) is 0 Å². The fraction of sp³-hybridized carbons (Fsp3) is 0.321. The zero-order valence-corrected chi connectivity index (χ0v) is 21.3. The number of piperidine rings is 1. The number of hydrogen-bond acceptors (Lipinski definition) is 6. The van der Waals surface area contributed by atoms with Gasteiger partial charge in [-0.2, -0.15) is 4.31 Å². The third-order valence-electron chi connectivity index (χ3n) is 6.92. The molecule has 194 valence electrons. The molecule has 9 heteroatoms. The lowest BCUT2D eigenvalue weighted by atomic mass is 9.94. The summed E-state index contributed by atoms with van der Waals surface area (Å²) in [4.78, 5) is 13.5. The summed E-state index contributed by atoms with van der Waals surface area (Å²) in [5.41, 5.74) is 7.55. The summed E-state index contributed by atoms with van der Waals surface area (Å²) in [6, 6.07) is 27.7. The minimum atomic E-state index is -3.63. The predicted octanol–water partition coefficient (Wildman–Crippen LogP) is 3.79. The summed E-state index contributed by atoms with van der Waals surface area (Å²) >= 11 is 0. The summed E-state index contributed by atoms with van der Waals surface area (Å²) in [6.07, 6.45) is -0.294. The highest BCUT2D eigenvalue weighted by Crippen LogP contribution is 2.33. The molecule has 2 saturated heterocycles. The summed E-state index contributed by atoms with van der Waals surface area (Å²) in [6.45, 7) is 2.11. The van der Waals surface area contributed by atoms with E-state index in [-0.39, 0.29) is 36.2 Å². The van der Waals surface area contributed by atoms with Gasteiger partial charge in [-0.15, -0.1) is 0 Å². The first-order chi connectivity index (χ1) is 17.9. The fourth-order valence-electron chi connectivity index (χ4n) is 5.03. The summed E-state index contributed by atoms with van der Waals surface area (Å²) in [5, 5.41) is 0. The highest BCUT2D eigenvalue weighted by molar-refractivity contribution is 7.89. The molecule has 8 nitrogen and oxygen atoms in total. The van der Waals surface area contributed by atoms with Crippen LogP contribution < -0.4 is 10.5 Å². The molecule has 0 bridgehead atoms. The average molecular weight is 522 g/mol. The van der Waals surface area contributed by atoms with Gasteiger partial charge in [0.1, 0.15) is 18.0 Å². The number of carbonyl (C=O) groups is 1. The maximum absolute atomic E-state index is 13.1. The van der Waals surface area contributed by atoms with Crippen molar-refractivity contribution in [1.82, 2.24) is 9.21 Å². The number of ether oxygens (including phenoxy) is 2. The van der Waals surface area contributed by atoms with Gasteiger partial charge in [0.05, 0.1) is 10.9 Å². The largest absolute Gasteiger partial charge is 0.488 e. The highest BCUT2D eigenvalue weighted by atomic mass is 32.2. The third kappa shape index (κ3) is 5.79. The SMILES string of the molecule is NC(=O)OC1CCN(S(=O)(=O)c2ccc(OC3CN(C(c4ccccc4)c4ccccc4)C3)cc2)CC1. The van der Waals surface area contributed by atoms with E-state index in [2.05, 4.69) is 53.4 Å². The van der Waals surface area contributed by atoms with Gasteiger partial charge in [0.2, 0.25) is 10.0 Å². The van der Waals surface area contributed by atoms with Crippen LogP contribution in [0.15, 0.2) is 89.8 Å². The monoisotopic (exact) mass is 521 g/mol. The summed E-state index contributed by atoms with van der Waals surface area (Å²) in [7, 11) is -3.63. The van der Waals surface area contributed by atoms with Crippen LogP contribution in [0.2, 0.25) is 0 Å². The van der Waals surface area contributed by atoms with Crippen molar-refractivity contribution >= 4 is 16.1 Å². The lowest BCUT2D eigenvalue weighted by molar-refractivity contribution is 0.000263. The van der Waals surface area contributed by atoms with Crippen LogP contribution in [0.3, 0.4) is 0 Å². The number of primary amides is 1. The van der Waals surface area contributed by atoms with Gasteiger partial charge in [-0.05, 0) is 48.2 Å². The molecule has 2 fully saturated rings. The smallest absolute Gasteiger partial charge is 0.404 e. The molecular formula is C28H31N3O5S. The third-order valence-corrected chi connectivity index (χ3v) is 8.83. The number of likely N-dealkylation sites (tertiary alicyclic amines) is 1. The van der Waals surface area contributed by atoms with Crippen molar-refractivity contribution < 1.29 is 22.7 Å². The maximum Gasteiger partial charge on any atom is 0.404 e. The Bertz CT molecular complexity index is 1250. The molecule has 0 aliphatic carbocycles. The zero-order chi connectivity index (χ0) is 25.8. The van der Waals surface area contributed by atoms with E-state index in [0.29, 0.717) is 18.6 Å². The second kappa shape index (κ2) is 10.9. The van der Waals surface area contributed by atoms with Gasteiger partial charge < -0.3 is 15.2 Å². The summed E-state index contributed by atoms with van der Waals surface area (Å²) in [5.74, 6) is 0.646. The molecule has 3 aromatic carbocycles. The molecule has 0 aromatic heterocycles. The van der Waals surface area contributed by atoms with Crippen LogP contribution in [-0.4, -0.2) is 62.1 Å². The van der Waals surface area contributed by atoms with Crippen molar-refractivity contribution in [2.75, 3.05) is 26.2 Å². The first-order valence-corrected chi connectivity index (χ1v) is 13.9. The van der Waals surface area contributed by atoms with Crippen molar-refractivity contribution in [3.05, 3.63) is 96.1 Å². The van der Waals surface area contributed by atoms with Crippen molar-refractivity contribution in [1.29, 1.82) is 0 Å². The van der Waals surface area contributed by atoms with Gasteiger partial charge in [0.15, 0.2) is 0 Å². The minimum Gasteiger partial charge on any atom is -0.488 e. The Morgan fingerprint density at radius 3 is 1.86 bits per heavy atom. The first kappa shape index (κ1) is 25.3. The number of benzene rings is 3. The molecule has 3 aromatic rings. The van der Waals surface area contributed by atoms with Crippen LogP contribution in [0.1, 0.15) is 30.0 Å². The lowest BCUT2D eigenvalue weighted by Gasteiger charge is -2.44. The lowest BCUT2D eigenvalue weighted by Crippen LogP contribution is -2.55. The number of nitrogens with two attached hydrogens (primary N) is 1. The first-order valence-electron chi connectivity index (χ1n) is 12.5. The molecule has 0 saturated carbocycles. The van der Waals surface area contributed by atoms with Gasteiger partial charge in [-0.3, -0.25) is 4.90 Å². The Kier molecular flexibility index (Phi) is 7.45. The van der Waals surface area contributed by atoms with E-state index in [1.807, 2.05) is 12.1 Å². The number of amides is 1. The van der Waals surface area contributed by atoms with Gasteiger partial charge in [-0.25, -0.2) is 13.2 Å². The molecule has 2 heterocycles. The van der Waals surface area contributed by atoms with Gasteiger partial charge in [-0.1, -0.05) is 60.7 Å². The van der Waals surface area contributed by atoms with E-state index in [0.717, 1.165) is 13.1 Å². The zero-order valence-electron chi connectivity index (χ0n) is 20.5. The predicted molar refractivity (Wildman–Crippen MR) is 140 cm³/mol. The van der Waals surface area contributed by atoms with E-state index >= 15 is 0 Å². The Labute approximate surface area is 217 Å². The highest BCUT2D eigenvalue weighted by Gasteiger charge is 2.35. The van der Waals surface area contributed by atoms with Gasteiger partial charge in [0, 0.05) is 26.2 Å². The topological polar surface area (TPSA) is 102 Å². The number of hydrogen-bond donors (Lipinski definition) is 1. The summed E-state index contributed by atoms with van der Waals surface area (Å²) < 4.78 is 38.7. The van der Waals surface area contributed by atoms with Crippen LogP contribution in [-0.2, 0) is 14.8 Å². The van der Waals surface area contributed by atoms with Crippen LogP contribution >= 0.6 is 0 Å². The quantitative estimate of drug-likeness (QED) is 0.484. The molecule has 0 unspecified atom stereocenters. The second-order valence-corrected chi connectivity index (χ2v) is 11.4. The normalized spacial score (nSPS) is 17.9. The number of carbonyl (C=O) groups excluding carboxylic acids is 1. The van der Waals surface area contributed by atoms with Crippen LogP contribution in [0.4, 0.5) is 4.79 Å². The maximum atomic E-state index is 13.1. The molecule has 0 radical (unpaired) electrons. The van der Waals surface area contributed by atoms with E-state index in [1.165, 1.54) is 15.4 Å². The van der Waals surface area contributed by atoms with Gasteiger partial charge in [0.25, 0.3) is 0 Å². The Balaban J connectivity index is 1.18. The Morgan fingerprint density at radius 1 is 0.811 bits per heavy atom. The molecule has 2 aliphatic rings. The van der Waals surface area contributed by atoms with E-state index in [4.69, 9.17) is 15.2 Å². The molecule has 0 spiro atoms. The minimum absolute atomic E-state index is 0.0293. The van der Waals surface area contributed by atoms with E-state index in [1.54, 1.807) is 24.3 Å². The van der Waals surface area contributed by atoms with E-state index in [9.17, 15) is 13.2 Å². The Morgan fingerprint density at radius 2 is 1.35 bits per heavy atom. The second-order valence-electron chi connectivity index (χ2n) is 9.43. The number of nitrogens with zero attached hydrogens (tertiary/aromatic N) is 2. The Hall–Kier alpha value is -3.40. The average Bonchev–Trinajstić information content (AvgIpc) is 2.89. The van der Waals surface area contributed by atoms with Crippen molar-refractivity contribution in [2.45, 2.75) is 36.0 Å². The molecule has 0 atom stereocenters. The van der Waals surface area contributed by atoms with Crippen molar-refractivity contribution in [2.24, 2.45) is 5.73 Å².